The molecule has 2 aromatic rings. The molecule has 1 atom stereocenters. The number of nitrogens with one attached hydrogen (secondary N) is 1. The average molecular weight is 417 g/mol. The van der Waals surface area contributed by atoms with Gasteiger partial charge in [0.2, 0.25) is 5.91 Å². The molecule has 1 aliphatic rings. The van der Waals surface area contributed by atoms with Gasteiger partial charge >= 0.3 is 0 Å². The third-order valence-corrected chi connectivity index (χ3v) is 6.84. The largest absolute Gasteiger partial charge is 0.379 e. The number of aryl methyl sites for hydroxylation is 2. The number of hydrogen-bond donors (Lipinski definition) is 1. The molecular weight excluding hydrogens is 388 g/mol. The highest BCUT2D eigenvalue weighted by atomic mass is 32.2. The molecule has 0 radical (unpaired) electrons. The molecule has 1 saturated heterocycles. The molecule has 1 fully saturated rings. The van der Waals surface area contributed by atoms with Gasteiger partial charge in [-0.05, 0) is 51.0 Å². The first kappa shape index (κ1) is 21.3. The maximum Gasteiger partial charge on any atom is 0.264 e. The lowest BCUT2D eigenvalue weighted by molar-refractivity contribution is -0.122. The van der Waals surface area contributed by atoms with Gasteiger partial charge in [-0.1, -0.05) is 35.4 Å². The van der Waals surface area contributed by atoms with Gasteiger partial charge in [0, 0.05) is 19.6 Å². The van der Waals surface area contributed by atoms with Crippen LogP contribution in [0.1, 0.15) is 30.4 Å². The topological polar surface area (TPSA) is 75.7 Å². The Morgan fingerprint density at radius 1 is 1.07 bits per heavy atom. The molecule has 1 N–H and O–H groups in total. The van der Waals surface area contributed by atoms with Gasteiger partial charge in [-0.3, -0.25) is 9.10 Å². The van der Waals surface area contributed by atoms with Crippen molar-refractivity contribution in [1.29, 1.82) is 0 Å². The Hall–Kier alpha value is -2.38. The van der Waals surface area contributed by atoms with Crippen LogP contribution in [0, 0.1) is 13.8 Å². The van der Waals surface area contributed by atoms with Crippen molar-refractivity contribution < 1.29 is 17.9 Å². The molecule has 6 nitrogen and oxygen atoms in total. The number of benzene rings is 2. The number of anilines is 1. The van der Waals surface area contributed by atoms with Crippen molar-refractivity contribution in [3.63, 3.8) is 0 Å². The van der Waals surface area contributed by atoms with E-state index in [-0.39, 0.29) is 29.8 Å². The Morgan fingerprint density at radius 3 is 2.28 bits per heavy atom. The third-order valence-electron chi connectivity index (χ3n) is 5.00. The number of rotatable bonds is 7. The van der Waals surface area contributed by atoms with E-state index >= 15 is 0 Å². The summed E-state index contributed by atoms with van der Waals surface area (Å²) in [5.41, 5.74) is 2.57. The molecule has 0 bridgehead atoms. The lowest BCUT2D eigenvalue weighted by atomic mass is 10.1. The number of carbonyl (C=O) groups is 1. The first-order valence-corrected chi connectivity index (χ1v) is 11.3. The molecule has 29 heavy (non-hydrogen) atoms. The summed E-state index contributed by atoms with van der Waals surface area (Å²) in [5, 5.41) is 2.95. The Morgan fingerprint density at radius 2 is 1.69 bits per heavy atom. The maximum absolute atomic E-state index is 13.3. The van der Waals surface area contributed by atoms with Gasteiger partial charge in [-0.2, -0.15) is 0 Å². The second kappa shape index (κ2) is 9.41. The molecule has 1 aliphatic heterocycles. The Kier molecular flexibility index (Phi) is 6.92. The predicted molar refractivity (Wildman–Crippen MR) is 113 cm³/mol. The SMILES string of the molecule is Cc1ccc(N(CCC(=O)NC2CCCOC2)S(=O)(=O)c2ccc(C)cc2)cc1. The van der Waals surface area contributed by atoms with Crippen molar-refractivity contribution in [2.75, 3.05) is 24.1 Å². The first-order valence-electron chi connectivity index (χ1n) is 9.89. The third kappa shape index (κ3) is 5.58. The summed E-state index contributed by atoms with van der Waals surface area (Å²) >= 11 is 0. The van der Waals surface area contributed by atoms with Crippen LogP contribution < -0.4 is 9.62 Å². The maximum atomic E-state index is 13.3. The standard InChI is InChI=1S/C22H28N2O4S/c1-17-5-9-20(10-6-17)24(29(26,27)21-11-7-18(2)8-12-21)14-13-22(25)23-19-4-3-15-28-16-19/h5-12,19H,3-4,13-16H2,1-2H3,(H,23,25). The minimum absolute atomic E-state index is 0.00206. The van der Waals surface area contributed by atoms with Crippen LogP contribution in [0.2, 0.25) is 0 Å². The monoisotopic (exact) mass is 416 g/mol. The summed E-state index contributed by atoms with van der Waals surface area (Å²) in [5.74, 6) is -0.170. The zero-order chi connectivity index (χ0) is 20.9. The van der Waals surface area contributed by atoms with Crippen molar-refractivity contribution in [3.05, 3.63) is 59.7 Å². The number of nitrogens with zero attached hydrogens (tertiary/aromatic N) is 1. The second-order valence-corrected chi connectivity index (χ2v) is 9.32. The van der Waals surface area contributed by atoms with E-state index in [1.807, 2.05) is 26.0 Å². The van der Waals surface area contributed by atoms with Crippen LogP contribution in [0.25, 0.3) is 0 Å². The molecule has 1 unspecified atom stereocenters. The molecule has 2 aromatic carbocycles. The van der Waals surface area contributed by atoms with E-state index < -0.39 is 10.0 Å². The number of carbonyl (C=O) groups excluding carboxylic acids is 1. The van der Waals surface area contributed by atoms with E-state index in [9.17, 15) is 13.2 Å². The molecule has 0 saturated carbocycles. The predicted octanol–water partition coefficient (Wildman–Crippen LogP) is 3.18. The highest BCUT2D eigenvalue weighted by Gasteiger charge is 2.26. The van der Waals surface area contributed by atoms with Crippen molar-refractivity contribution in [1.82, 2.24) is 5.32 Å². The molecule has 7 heteroatoms. The van der Waals surface area contributed by atoms with Gasteiger partial charge in [0.15, 0.2) is 0 Å². The summed E-state index contributed by atoms with van der Waals surface area (Å²) in [7, 11) is -3.78. The van der Waals surface area contributed by atoms with Crippen molar-refractivity contribution in [2.24, 2.45) is 0 Å². The highest BCUT2D eigenvalue weighted by Crippen LogP contribution is 2.24. The van der Waals surface area contributed by atoms with E-state index in [0.717, 1.165) is 30.6 Å². The van der Waals surface area contributed by atoms with E-state index in [1.165, 1.54) is 4.31 Å². The zero-order valence-corrected chi connectivity index (χ0v) is 17.7. The molecule has 3 rings (SSSR count). The van der Waals surface area contributed by atoms with Crippen molar-refractivity contribution in [2.45, 2.75) is 44.0 Å². The van der Waals surface area contributed by atoms with Crippen molar-refractivity contribution >= 4 is 21.6 Å². The summed E-state index contributed by atoms with van der Waals surface area (Å²) in [6.45, 7) is 5.16. The van der Waals surface area contributed by atoms with Crippen LogP contribution in [0.5, 0.6) is 0 Å². The first-order chi connectivity index (χ1) is 13.9. The van der Waals surface area contributed by atoms with Crippen LogP contribution in [0.4, 0.5) is 5.69 Å². The molecule has 1 amide bonds. The van der Waals surface area contributed by atoms with Gasteiger partial charge in [0.05, 0.1) is 23.2 Å². The molecular formula is C22H28N2O4S. The number of ether oxygens (including phenoxy) is 1. The number of amides is 1. The summed E-state index contributed by atoms with van der Waals surface area (Å²) in [4.78, 5) is 12.6. The van der Waals surface area contributed by atoms with E-state index in [2.05, 4.69) is 5.32 Å². The van der Waals surface area contributed by atoms with E-state index in [1.54, 1.807) is 36.4 Å². The van der Waals surface area contributed by atoms with Gasteiger partial charge in [-0.25, -0.2) is 8.42 Å². The van der Waals surface area contributed by atoms with Crippen LogP contribution in [0.15, 0.2) is 53.4 Å². The highest BCUT2D eigenvalue weighted by molar-refractivity contribution is 7.92. The molecule has 1 heterocycles. The fraction of sp³-hybridized carbons (Fsp3) is 0.409. The van der Waals surface area contributed by atoms with Crippen LogP contribution in [0.3, 0.4) is 0 Å². The lowest BCUT2D eigenvalue weighted by Crippen LogP contribution is -2.42. The van der Waals surface area contributed by atoms with Crippen LogP contribution in [-0.2, 0) is 19.6 Å². The number of sulfonamides is 1. The summed E-state index contributed by atoms with van der Waals surface area (Å²) in [6, 6.07) is 14.0. The molecule has 0 aliphatic carbocycles. The lowest BCUT2D eigenvalue weighted by Gasteiger charge is -2.26. The molecule has 0 spiro atoms. The average Bonchev–Trinajstić information content (AvgIpc) is 2.70. The van der Waals surface area contributed by atoms with Crippen LogP contribution in [-0.4, -0.2) is 40.1 Å². The van der Waals surface area contributed by atoms with Crippen molar-refractivity contribution in [3.8, 4) is 0 Å². The normalized spacial score (nSPS) is 17.0. The Balaban J connectivity index is 1.78. The minimum Gasteiger partial charge on any atom is -0.379 e. The number of hydrogen-bond acceptors (Lipinski definition) is 4. The smallest absolute Gasteiger partial charge is 0.264 e. The quantitative estimate of drug-likeness (QED) is 0.752. The Bertz CT molecular complexity index is 918. The summed E-state index contributed by atoms with van der Waals surface area (Å²) < 4.78 is 33.3. The van der Waals surface area contributed by atoms with E-state index in [0.29, 0.717) is 12.3 Å². The second-order valence-electron chi connectivity index (χ2n) is 7.46. The van der Waals surface area contributed by atoms with Gasteiger partial charge < -0.3 is 10.1 Å². The van der Waals surface area contributed by atoms with Gasteiger partial charge in [-0.15, -0.1) is 0 Å². The summed E-state index contributed by atoms with van der Waals surface area (Å²) in [6.07, 6.45) is 1.88. The Labute approximate surface area is 172 Å². The molecule has 156 valence electrons. The zero-order valence-electron chi connectivity index (χ0n) is 16.9. The van der Waals surface area contributed by atoms with Gasteiger partial charge in [0.25, 0.3) is 10.0 Å². The van der Waals surface area contributed by atoms with E-state index in [4.69, 9.17) is 4.74 Å². The minimum atomic E-state index is -3.78. The molecule has 0 aromatic heterocycles. The fourth-order valence-electron chi connectivity index (χ4n) is 3.29. The van der Waals surface area contributed by atoms with Gasteiger partial charge in [0.1, 0.15) is 0 Å². The van der Waals surface area contributed by atoms with Crippen LogP contribution >= 0.6 is 0 Å². The fourth-order valence-corrected chi connectivity index (χ4v) is 4.76.